The van der Waals surface area contributed by atoms with Crippen molar-refractivity contribution in [2.45, 2.75) is 10.1 Å². The van der Waals surface area contributed by atoms with Gasteiger partial charge in [-0.25, -0.2) is 9.07 Å². The van der Waals surface area contributed by atoms with Crippen molar-refractivity contribution in [3.63, 3.8) is 0 Å². The van der Waals surface area contributed by atoms with Gasteiger partial charge in [0.25, 0.3) is 11.2 Å². The van der Waals surface area contributed by atoms with Crippen molar-refractivity contribution in [2.24, 2.45) is 0 Å². The molecule has 0 radical (unpaired) electrons. The first-order valence-electron chi connectivity index (χ1n) is 8.10. The first-order chi connectivity index (χ1) is 14.3. The Balaban J connectivity index is 1.60. The summed E-state index contributed by atoms with van der Waals surface area (Å²) < 4.78 is 15.3. The molecule has 4 aromatic rings. The van der Waals surface area contributed by atoms with Gasteiger partial charge in [-0.15, -0.1) is 16.4 Å². The number of rotatable bonds is 5. The molecule has 0 saturated heterocycles. The highest BCUT2D eigenvalue weighted by Crippen LogP contribution is 2.35. The maximum absolute atomic E-state index is 13.3. The molecule has 0 saturated carbocycles. The van der Waals surface area contributed by atoms with Crippen molar-refractivity contribution in [3.8, 4) is 5.69 Å². The molecule has 0 spiro atoms. The maximum Gasteiger partial charge on any atom is 0.288 e. The van der Waals surface area contributed by atoms with Crippen molar-refractivity contribution in [1.29, 1.82) is 0 Å². The normalized spacial score (nSPS) is 11.2. The van der Waals surface area contributed by atoms with E-state index in [0.29, 0.717) is 21.5 Å². The van der Waals surface area contributed by atoms with E-state index in [4.69, 9.17) is 23.2 Å². The number of hydrogen-bond acceptors (Lipinski definition) is 8. The van der Waals surface area contributed by atoms with Crippen LogP contribution in [0.1, 0.15) is 5.69 Å². The van der Waals surface area contributed by atoms with E-state index in [9.17, 15) is 19.3 Å². The Labute approximate surface area is 185 Å². The molecule has 2 heterocycles. The van der Waals surface area contributed by atoms with E-state index in [1.165, 1.54) is 46.8 Å². The fourth-order valence-electron chi connectivity index (χ4n) is 2.55. The van der Waals surface area contributed by atoms with Gasteiger partial charge >= 0.3 is 0 Å². The fraction of sp³-hybridized carbons (Fsp3) is 0.0588. The monoisotopic (exact) mass is 483 g/mol. The number of fused-ring (bicyclic) bond motifs is 1. The van der Waals surface area contributed by atoms with Crippen LogP contribution in [-0.4, -0.2) is 24.9 Å². The van der Waals surface area contributed by atoms with Crippen molar-refractivity contribution in [3.05, 3.63) is 78.6 Å². The summed E-state index contributed by atoms with van der Waals surface area (Å²) in [4.78, 5) is 27.0. The number of nitro benzene ring substituents is 1. The fourth-order valence-corrected chi connectivity index (χ4v) is 4.95. The lowest BCUT2D eigenvalue weighted by Gasteiger charge is -2.02. The van der Waals surface area contributed by atoms with Crippen LogP contribution in [0.3, 0.4) is 0 Å². The molecule has 0 fully saturated rings. The summed E-state index contributed by atoms with van der Waals surface area (Å²) in [7, 11) is 0. The molecule has 152 valence electrons. The average Bonchev–Trinajstić information content (AvgIpc) is 3.17. The zero-order valence-corrected chi connectivity index (χ0v) is 17.7. The molecular formula is C17H8Cl2FN5O3S2. The molecule has 0 aliphatic heterocycles. The third-order valence-electron chi connectivity index (χ3n) is 3.90. The van der Waals surface area contributed by atoms with Crippen LogP contribution in [0.2, 0.25) is 10.0 Å². The van der Waals surface area contributed by atoms with Crippen molar-refractivity contribution < 1.29 is 9.31 Å². The van der Waals surface area contributed by atoms with Gasteiger partial charge in [0, 0.05) is 16.8 Å². The summed E-state index contributed by atoms with van der Waals surface area (Å²) >= 11 is 13.9. The van der Waals surface area contributed by atoms with E-state index in [0.717, 1.165) is 11.3 Å². The first-order valence-corrected chi connectivity index (χ1v) is 10.7. The Morgan fingerprint density at radius 3 is 2.80 bits per heavy atom. The topological polar surface area (TPSA) is 104 Å². The molecular weight excluding hydrogens is 476 g/mol. The summed E-state index contributed by atoms with van der Waals surface area (Å²) in [6.07, 6.45) is 1.63. The minimum absolute atomic E-state index is 0.0363. The first kappa shape index (κ1) is 20.7. The molecule has 0 amide bonds. The van der Waals surface area contributed by atoms with E-state index < -0.39 is 16.3 Å². The van der Waals surface area contributed by atoms with E-state index in [-0.39, 0.29) is 25.8 Å². The van der Waals surface area contributed by atoms with Crippen molar-refractivity contribution in [1.82, 2.24) is 20.0 Å². The maximum atomic E-state index is 13.3. The largest absolute Gasteiger partial charge is 0.288 e. The minimum atomic E-state index is -0.596. The number of halogens is 3. The van der Waals surface area contributed by atoms with E-state index in [1.807, 2.05) is 0 Å². The van der Waals surface area contributed by atoms with Gasteiger partial charge in [0.1, 0.15) is 10.5 Å². The highest BCUT2D eigenvalue weighted by atomic mass is 35.5. The minimum Gasteiger partial charge on any atom is -0.267 e. The van der Waals surface area contributed by atoms with Crippen LogP contribution in [0.5, 0.6) is 0 Å². The lowest BCUT2D eigenvalue weighted by Crippen LogP contribution is -2.06. The van der Waals surface area contributed by atoms with E-state index in [2.05, 4.69) is 15.3 Å². The van der Waals surface area contributed by atoms with Crippen LogP contribution in [0.25, 0.3) is 15.8 Å². The summed E-state index contributed by atoms with van der Waals surface area (Å²) in [5.74, 6) is -0.228. The van der Waals surface area contributed by atoms with E-state index >= 15 is 0 Å². The lowest BCUT2D eigenvalue weighted by molar-refractivity contribution is -0.382. The number of hydrogen-bond donors (Lipinski definition) is 0. The Hall–Kier alpha value is -2.60. The summed E-state index contributed by atoms with van der Waals surface area (Å²) in [5, 5.41) is 19.5. The summed E-state index contributed by atoms with van der Waals surface area (Å²) in [6, 6.07) is 6.72. The zero-order valence-electron chi connectivity index (χ0n) is 14.6. The Bertz CT molecular complexity index is 1360. The van der Waals surface area contributed by atoms with Crippen LogP contribution < -0.4 is 5.56 Å². The molecule has 0 aliphatic carbocycles. The number of non-ortho nitro benzene ring substituents is 1. The van der Waals surface area contributed by atoms with Crippen molar-refractivity contribution in [2.75, 3.05) is 0 Å². The third-order valence-corrected chi connectivity index (χ3v) is 6.68. The van der Waals surface area contributed by atoms with Gasteiger partial charge < -0.3 is 0 Å². The number of nitrogens with zero attached hydrogens (tertiary/aromatic N) is 5. The number of thioether (sulfide) groups is 1. The third kappa shape index (κ3) is 4.15. The molecule has 0 atom stereocenters. The highest BCUT2D eigenvalue weighted by Gasteiger charge is 2.18. The predicted octanol–water partition coefficient (Wildman–Crippen LogP) is 4.88. The van der Waals surface area contributed by atoms with Crippen molar-refractivity contribution >= 4 is 62.1 Å². The smallest absolute Gasteiger partial charge is 0.267 e. The van der Waals surface area contributed by atoms with Gasteiger partial charge in [0.2, 0.25) is 0 Å². The molecule has 2 aromatic heterocycles. The highest BCUT2D eigenvalue weighted by molar-refractivity contribution is 8.00. The second-order valence-corrected chi connectivity index (χ2v) is 8.95. The van der Waals surface area contributed by atoms with Crippen LogP contribution in [0.4, 0.5) is 10.1 Å². The quantitative estimate of drug-likeness (QED) is 0.226. The van der Waals surface area contributed by atoms with Crippen LogP contribution in [-0.2, 0) is 5.75 Å². The molecule has 0 unspecified atom stereocenters. The van der Waals surface area contributed by atoms with Gasteiger partial charge in [-0.05, 0) is 24.3 Å². The second-order valence-electron chi connectivity index (χ2n) is 5.89. The van der Waals surface area contributed by atoms with Crippen LogP contribution in [0.15, 0.2) is 45.7 Å². The molecule has 0 N–H and O–H groups in total. The second kappa shape index (κ2) is 8.26. The zero-order chi connectivity index (χ0) is 21.4. The molecule has 13 heteroatoms. The molecule has 8 nitrogen and oxygen atoms in total. The van der Waals surface area contributed by atoms with Gasteiger partial charge in [-0.3, -0.25) is 14.9 Å². The van der Waals surface area contributed by atoms with Crippen LogP contribution >= 0.6 is 46.3 Å². The molecule has 0 aliphatic rings. The Kier molecular flexibility index (Phi) is 5.69. The predicted molar refractivity (Wildman–Crippen MR) is 113 cm³/mol. The standard InChI is InChI=1S/C17H8Cl2FN5O3S2/c18-8-3-11-15(14(4-8)25(27)28)30-17(21-16(11)26)29-7-9-6-24(23-22-9)10-1-2-13(20)12(19)5-10/h1-6H,7H2. The number of aromatic nitrogens is 4. The molecule has 0 bridgehead atoms. The summed E-state index contributed by atoms with van der Waals surface area (Å²) in [6.45, 7) is 0. The van der Waals surface area contributed by atoms with Gasteiger partial charge in [-0.2, -0.15) is 4.98 Å². The SMILES string of the molecule is O=c1nc(SCc2cn(-c3ccc(F)c(Cl)c3)nn2)sc2c([N+](=O)[O-])cc(Cl)cc12. The van der Waals surface area contributed by atoms with E-state index in [1.54, 1.807) is 6.20 Å². The van der Waals surface area contributed by atoms with Gasteiger partial charge in [0.15, 0.2) is 4.34 Å². The summed E-state index contributed by atoms with van der Waals surface area (Å²) in [5.41, 5.74) is 0.253. The number of benzene rings is 2. The van der Waals surface area contributed by atoms with Gasteiger partial charge in [0.05, 0.1) is 32.9 Å². The molecule has 2 aromatic carbocycles. The molecule has 30 heavy (non-hydrogen) atoms. The molecule has 4 rings (SSSR count). The Morgan fingerprint density at radius 2 is 2.07 bits per heavy atom. The Morgan fingerprint density at radius 1 is 1.27 bits per heavy atom. The van der Waals surface area contributed by atoms with Crippen LogP contribution in [0, 0.1) is 15.9 Å². The lowest BCUT2D eigenvalue weighted by atomic mass is 10.2. The van der Waals surface area contributed by atoms with Gasteiger partial charge in [-0.1, -0.05) is 40.2 Å². The number of nitro groups is 1. The average molecular weight is 484 g/mol.